The molecule has 0 heteroatoms. The van der Waals surface area contributed by atoms with Crippen LogP contribution in [0.15, 0.2) is 30.0 Å². The predicted octanol–water partition coefficient (Wildman–Crippen LogP) is 2.83. The zero-order chi connectivity index (χ0) is 6.53. The lowest BCUT2D eigenvalue weighted by atomic mass is 10.3. The van der Waals surface area contributed by atoms with Gasteiger partial charge in [0.25, 0.3) is 0 Å². The molecule has 9 heavy (non-hydrogen) atoms. The van der Waals surface area contributed by atoms with Crippen molar-refractivity contribution < 1.29 is 0 Å². The summed E-state index contributed by atoms with van der Waals surface area (Å²) in [4.78, 5) is 0. The van der Waals surface area contributed by atoms with E-state index in [2.05, 4.69) is 18.4 Å². The Labute approximate surface area is 56.6 Å². The van der Waals surface area contributed by atoms with Gasteiger partial charge in [0.15, 0.2) is 0 Å². The van der Waals surface area contributed by atoms with Gasteiger partial charge >= 0.3 is 0 Å². The van der Waals surface area contributed by atoms with E-state index in [9.17, 15) is 0 Å². The molecule has 0 saturated heterocycles. The number of unbranched alkanes of at least 4 members (excludes halogenated alkanes) is 1. The van der Waals surface area contributed by atoms with Crippen molar-refractivity contribution >= 4 is 0 Å². The van der Waals surface area contributed by atoms with Crippen LogP contribution in [0.3, 0.4) is 0 Å². The Morgan fingerprint density at radius 1 is 1.44 bits per heavy atom. The zero-order valence-corrected chi connectivity index (χ0v) is 5.69. The van der Waals surface area contributed by atoms with Gasteiger partial charge < -0.3 is 0 Å². The fourth-order valence-corrected chi connectivity index (χ4v) is 0.749. The lowest BCUT2D eigenvalue weighted by molar-refractivity contribution is 1.05. The zero-order valence-electron chi connectivity index (χ0n) is 5.69. The van der Waals surface area contributed by atoms with Crippen LogP contribution in [0.4, 0.5) is 0 Å². The third kappa shape index (κ3) is 2.94. The summed E-state index contributed by atoms with van der Waals surface area (Å²) in [7, 11) is 0. The summed E-state index contributed by atoms with van der Waals surface area (Å²) in [6, 6.07) is 0. The van der Waals surface area contributed by atoms with Gasteiger partial charge in [0.05, 0.1) is 0 Å². The Morgan fingerprint density at radius 2 is 2.22 bits per heavy atom. The molecule has 1 aliphatic rings. The highest BCUT2D eigenvalue weighted by molar-refractivity contribution is 5.16. The first-order chi connectivity index (χ1) is 4.43. The molecule has 1 fully saturated rings. The predicted molar refractivity (Wildman–Crippen MR) is 40.3 cm³/mol. The van der Waals surface area contributed by atoms with Gasteiger partial charge in [0.1, 0.15) is 0 Å². The van der Waals surface area contributed by atoms with Gasteiger partial charge in [-0.1, -0.05) is 18.2 Å². The largest absolute Gasteiger partial charge is 0.133 e. The number of hydrogen-bond donors (Lipinski definition) is 0. The highest BCUT2D eigenvalue weighted by atomic mass is 14.1. The topological polar surface area (TPSA) is 0 Å². The Hall–Kier alpha value is -0.740. The van der Waals surface area contributed by atoms with Gasteiger partial charge in [-0.05, 0) is 31.8 Å². The highest BCUT2D eigenvalue weighted by Gasteiger charge is 2.08. The van der Waals surface area contributed by atoms with E-state index in [-0.39, 0.29) is 0 Å². The van der Waals surface area contributed by atoms with Crippen molar-refractivity contribution in [1.82, 2.24) is 0 Å². The van der Waals surface area contributed by atoms with E-state index in [1.54, 1.807) is 5.57 Å². The standard InChI is InChI=1S/C9H12/c1-2-3-4-5-6-9-7-8-9/h3,6H,1,4-5,7-8H2. The fraction of sp³-hybridized carbons (Fsp3) is 0.444. The second-order valence-electron chi connectivity index (χ2n) is 2.35. The second kappa shape index (κ2) is 3.32. The smallest absolute Gasteiger partial charge is 0.0240 e. The molecule has 0 N–H and O–H groups in total. The van der Waals surface area contributed by atoms with Crippen molar-refractivity contribution in [2.24, 2.45) is 0 Å². The minimum Gasteiger partial charge on any atom is -0.133 e. The van der Waals surface area contributed by atoms with E-state index in [4.69, 9.17) is 0 Å². The lowest BCUT2D eigenvalue weighted by Gasteiger charge is -1.80. The van der Waals surface area contributed by atoms with Crippen LogP contribution in [0.1, 0.15) is 25.7 Å². The van der Waals surface area contributed by atoms with Gasteiger partial charge in [0, 0.05) is 0 Å². The second-order valence-corrected chi connectivity index (χ2v) is 2.35. The quantitative estimate of drug-likeness (QED) is 0.305. The maximum atomic E-state index is 3.49. The molecule has 0 radical (unpaired) electrons. The number of rotatable bonds is 3. The maximum absolute atomic E-state index is 3.49. The number of hydrogen-bond acceptors (Lipinski definition) is 0. The van der Waals surface area contributed by atoms with Crippen LogP contribution in [-0.2, 0) is 0 Å². The molecule has 0 aliphatic heterocycles. The van der Waals surface area contributed by atoms with E-state index in [1.807, 2.05) is 6.08 Å². The van der Waals surface area contributed by atoms with Gasteiger partial charge in [0.2, 0.25) is 0 Å². The van der Waals surface area contributed by atoms with E-state index in [0.29, 0.717) is 0 Å². The van der Waals surface area contributed by atoms with E-state index >= 15 is 0 Å². The molecule has 1 rings (SSSR count). The van der Waals surface area contributed by atoms with Crippen LogP contribution in [0.25, 0.3) is 0 Å². The SMILES string of the molecule is C=C=CCCC=C1CC1. The van der Waals surface area contributed by atoms with Gasteiger partial charge in [-0.3, -0.25) is 0 Å². The van der Waals surface area contributed by atoms with Crippen LogP contribution < -0.4 is 0 Å². The monoisotopic (exact) mass is 120 g/mol. The van der Waals surface area contributed by atoms with E-state index < -0.39 is 0 Å². The van der Waals surface area contributed by atoms with Crippen molar-refractivity contribution in [3.05, 3.63) is 30.0 Å². The van der Waals surface area contributed by atoms with Crippen LogP contribution in [0.5, 0.6) is 0 Å². The normalized spacial score (nSPS) is 14.4. The molecule has 0 atom stereocenters. The Kier molecular flexibility index (Phi) is 2.35. The van der Waals surface area contributed by atoms with Crippen molar-refractivity contribution in [2.75, 3.05) is 0 Å². The first-order valence-corrected chi connectivity index (χ1v) is 3.45. The summed E-state index contributed by atoms with van der Waals surface area (Å²) in [5, 5.41) is 0. The molecule has 1 saturated carbocycles. The molecule has 0 unspecified atom stereocenters. The summed E-state index contributed by atoms with van der Waals surface area (Å²) in [6.07, 6.45) is 9.29. The highest BCUT2D eigenvalue weighted by Crippen LogP contribution is 2.27. The summed E-state index contributed by atoms with van der Waals surface area (Å²) in [5.41, 5.74) is 4.39. The summed E-state index contributed by atoms with van der Waals surface area (Å²) < 4.78 is 0. The van der Waals surface area contributed by atoms with E-state index in [1.165, 1.54) is 19.3 Å². The van der Waals surface area contributed by atoms with Crippen LogP contribution in [-0.4, -0.2) is 0 Å². The van der Waals surface area contributed by atoms with Crippen molar-refractivity contribution in [2.45, 2.75) is 25.7 Å². The Bertz CT molecular complexity index is 151. The molecular formula is C9H12. The molecule has 0 heterocycles. The van der Waals surface area contributed by atoms with Gasteiger partial charge in [-0.2, -0.15) is 0 Å². The lowest BCUT2D eigenvalue weighted by Crippen LogP contribution is -1.60. The molecule has 48 valence electrons. The molecule has 0 aromatic carbocycles. The van der Waals surface area contributed by atoms with Gasteiger partial charge in [-0.15, -0.1) is 5.73 Å². The van der Waals surface area contributed by atoms with Crippen LogP contribution in [0, 0.1) is 0 Å². The summed E-state index contributed by atoms with van der Waals surface area (Å²) in [6.45, 7) is 3.49. The summed E-state index contributed by atoms with van der Waals surface area (Å²) in [5.74, 6) is 0. The maximum Gasteiger partial charge on any atom is -0.0240 e. The van der Waals surface area contributed by atoms with Crippen LogP contribution >= 0.6 is 0 Å². The average Bonchev–Trinajstić information content (AvgIpc) is 2.63. The molecule has 0 aromatic rings. The minimum atomic E-state index is 1.10. The number of allylic oxidation sites excluding steroid dienone is 3. The molecule has 0 spiro atoms. The first-order valence-electron chi connectivity index (χ1n) is 3.45. The first kappa shape index (κ1) is 6.38. The van der Waals surface area contributed by atoms with E-state index in [0.717, 1.165) is 6.42 Å². The minimum absolute atomic E-state index is 1.10. The van der Waals surface area contributed by atoms with Crippen molar-refractivity contribution in [3.63, 3.8) is 0 Å². The molecule has 0 aromatic heterocycles. The fourth-order valence-electron chi connectivity index (χ4n) is 0.749. The summed E-state index contributed by atoms with van der Waals surface area (Å²) >= 11 is 0. The molecule has 0 nitrogen and oxygen atoms in total. The van der Waals surface area contributed by atoms with Crippen molar-refractivity contribution in [3.8, 4) is 0 Å². The average molecular weight is 120 g/mol. The van der Waals surface area contributed by atoms with Crippen LogP contribution in [0.2, 0.25) is 0 Å². The Morgan fingerprint density at radius 3 is 2.78 bits per heavy atom. The molecule has 1 aliphatic carbocycles. The third-order valence-electron chi connectivity index (χ3n) is 1.43. The van der Waals surface area contributed by atoms with Crippen molar-refractivity contribution in [1.29, 1.82) is 0 Å². The third-order valence-corrected chi connectivity index (χ3v) is 1.43. The van der Waals surface area contributed by atoms with Gasteiger partial charge in [-0.25, -0.2) is 0 Å². The molecule has 0 bridgehead atoms. The Balaban J connectivity index is 2.05. The molecular weight excluding hydrogens is 108 g/mol. The molecule has 0 amide bonds.